The topological polar surface area (TPSA) is 58.4 Å². The van der Waals surface area contributed by atoms with Crippen LogP contribution in [0.3, 0.4) is 0 Å². The van der Waals surface area contributed by atoms with Crippen molar-refractivity contribution in [2.45, 2.75) is 32.7 Å². The van der Waals surface area contributed by atoms with Gasteiger partial charge in [0.05, 0.1) is 5.69 Å². The Bertz CT molecular complexity index is 492. The Hall–Kier alpha value is -1.62. The summed E-state index contributed by atoms with van der Waals surface area (Å²) in [6.45, 7) is 6.14. The molecule has 1 aromatic carbocycles. The zero-order valence-electron chi connectivity index (χ0n) is 12.0. The standard InChI is InChI=1S/C15H22FN3O/c1-10-7-11(2)19(9-10)6-5-15(20)18-14-8-12(17)3-4-13(14)16/h3-4,8,10-11H,5-7,9,17H2,1-2H3,(H,18,20). The lowest BCUT2D eigenvalue weighted by Crippen LogP contribution is -2.30. The minimum atomic E-state index is -0.462. The van der Waals surface area contributed by atoms with Gasteiger partial charge in [-0.2, -0.15) is 0 Å². The Morgan fingerprint density at radius 2 is 2.25 bits per heavy atom. The van der Waals surface area contributed by atoms with Gasteiger partial charge in [0, 0.05) is 31.2 Å². The summed E-state index contributed by atoms with van der Waals surface area (Å²) in [5.41, 5.74) is 6.17. The minimum Gasteiger partial charge on any atom is -0.399 e. The number of likely N-dealkylation sites (tertiary alicyclic amines) is 1. The van der Waals surface area contributed by atoms with E-state index in [1.165, 1.54) is 24.6 Å². The summed E-state index contributed by atoms with van der Waals surface area (Å²) in [7, 11) is 0. The maximum absolute atomic E-state index is 13.5. The average molecular weight is 279 g/mol. The number of halogens is 1. The molecule has 1 amide bonds. The van der Waals surface area contributed by atoms with Crippen molar-refractivity contribution in [1.82, 2.24) is 4.90 Å². The van der Waals surface area contributed by atoms with Crippen molar-refractivity contribution in [2.24, 2.45) is 5.92 Å². The van der Waals surface area contributed by atoms with E-state index in [0.29, 0.717) is 30.6 Å². The molecule has 110 valence electrons. The van der Waals surface area contributed by atoms with Gasteiger partial charge in [0.2, 0.25) is 5.91 Å². The highest BCUT2D eigenvalue weighted by Crippen LogP contribution is 2.22. The van der Waals surface area contributed by atoms with Gasteiger partial charge in [-0.25, -0.2) is 4.39 Å². The number of anilines is 2. The SMILES string of the molecule is CC1CC(C)N(CCC(=O)Nc2cc(N)ccc2F)C1. The van der Waals surface area contributed by atoms with E-state index >= 15 is 0 Å². The fourth-order valence-electron chi connectivity index (χ4n) is 2.79. The number of nitrogens with one attached hydrogen (secondary N) is 1. The van der Waals surface area contributed by atoms with E-state index in [1.807, 2.05) is 0 Å². The Kier molecular flexibility index (Phi) is 4.60. The number of hydrogen-bond donors (Lipinski definition) is 2. The Balaban J connectivity index is 1.85. The summed E-state index contributed by atoms with van der Waals surface area (Å²) >= 11 is 0. The van der Waals surface area contributed by atoms with E-state index in [9.17, 15) is 9.18 Å². The molecule has 0 spiro atoms. The molecule has 5 heteroatoms. The van der Waals surface area contributed by atoms with Crippen LogP contribution >= 0.6 is 0 Å². The Morgan fingerprint density at radius 3 is 2.90 bits per heavy atom. The van der Waals surface area contributed by atoms with Gasteiger partial charge in [0.1, 0.15) is 5.82 Å². The normalized spacial score (nSPS) is 22.9. The molecule has 0 bridgehead atoms. The smallest absolute Gasteiger partial charge is 0.225 e. The molecule has 3 N–H and O–H groups in total. The number of rotatable bonds is 4. The number of nitrogen functional groups attached to an aromatic ring is 1. The second-order valence-corrected chi connectivity index (χ2v) is 5.72. The van der Waals surface area contributed by atoms with E-state index in [1.54, 1.807) is 0 Å². The summed E-state index contributed by atoms with van der Waals surface area (Å²) in [6.07, 6.45) is 1.54. The first-order valence-electron chi connectivity index (χ1n) is 7.04. The van der Waals surface area contributed by atoms with Crippen molar-refractivity contribution in [3.05, 3.63) is 24.0 Å². The van der Waals surface area contributed by atoms with Crippen LogP contribution < -0.4 is 11.1 Å². The molecular weight excluding hydrogens is 257 g/mol. The highest BCUT2D eigenvalue weighted by Gasteiger charge is 2.25. The van der Waals surface area contributed by atoms with Gasteiger partial charge in [-0.05, 0) is 37.5 Å². The Morgan fingerprint density at radius 1 is 1.50 bits per heavy atom. The van der Waals surface area contributed by atoms with Crippen LogP contribution in [0.25, 0.3) is 0 Å². The van der Waals surface area contributed by atoms with Crippen LogP contribution in [0.15, 0.2) is 18.2 Å². The average Bonchev–Trinajstić information content (AvgIpc) is 2.70. The molecule has 2 unspecified atom stereocenters. The van der Waals surface area contributed by atoms with Crippen LogP contribution in [0.1, 0.15) is 26.7 Å². The van der Waals surface area contributed by atoms with Crippen molar-refractivity contribution in [1.29, 1.82) is 0 Å². The molecule has 1 aliphatic heterocycles. The molecule has 2 rings (SSSR count). The van der Waals surface area contributed by atoms with Crippen LogP contribution in [0.2, 0.25) is 0 Å². The molecule has 0 radical (unpaired) electrons. The molecular formula is C15H22FN3O. The van der Waals surface area contributed by atoms with Crippen LogP contribution in [0.5, 0.6) is 0 Å². The molecule has 1 saturated heterocycles. The third-order valence-corrected chi connectivity index (χ3v) is 3.80. The molecule has 1 aliphatic rings. The highest BCUT2D eigenvalue weighted by molar-refractivity contribution is 5.91. The number of carbonyl (C=O) groups is 1. The lowest BCUT2D eigenvalue weighted by molar-refractivity contribution is -0.116. The third-order valence-electron chi connectivity index (χ3n) is 3.80. The molecule has 0 aromatic heterocycles. The number of hydrogen-bond acceptors (Lipinski definition) is 3. The zero-order valence-corrected chi connectivity index (χ0v) is 12.0. The van der Waals surface area contributed by atoms with Crippen molar-refractivity contribution in [3.8, 4) is 0 Å². The molecule has 1 fully saturated rings. The largest absolute Gasteiger partial charge is 0.399 e. The van der Waals surface area contributed by atoms with Crippen LogP contribution in [0, 0.1) is 11.7 Å². The summed E-state index contributed by atoms with van der Waals surface area (Å²) in [5.74, 6) is 0.0383. The number of nitrogens with two attached hydrogens (primary N) is 1. The monoisotopic (exact) mass is 279 g/mol. The summed E-state index contributed by atoms with van der Waals surface area (Å²) in [5, 5.41) is 2.58. The quantitative estimate of drug-likeness (QED) is 0.832. The maximum atomic E-state index is 13.5. The highest BCUT2D eigenvalue weighted by atomic mass is 19.1. The van der Waals surface area contributed by atoms with Gasteiger partial charge in [-0.1, -0.05) is 6.92 Å². The van der Waals surface area contributed by atoms with E-state index < -0.39 is 5.82 Å². The molecule has 0 aliphatic carbocycles. The molecule has 4 nitrogen and oxygen atoms in total. The predicted molar refractivity (Wildman–Crippen MR) is 78.9 cm³/mol. The first kappa shape index (κ1) is 14.8. The fourth-order valence-corrected chi connectivity index (χ4v) is 2.79. The van der Waals surface area contributed by atoms with Crippen molar-refractivity contribution >= 4 is 17.3 Å². The van der Waals surface area contributed by atoms with Gasteiger partial charge < -0.3 is 11.1 Å². The van der Waals surface area contributed by atoms with Crippen LogP contribution in [-0.4, -0.2) is 29.9 Å². The molecule has 0 saturated carbocycles. The molecule has 1 aromatic rings. The van der Waals surface area contributed by atoms with Crippen LogP contribution in [-0.2, 0) is 4.79 Å². The number of nitrogens with zero attached hydrogens (tertiary/aromatic N) is 1. The second kappa shape index (κ2) is 6.22. The van der Waals surface area contributed by atoms with Gasteiger partial charge in [0.15, 0.2) is 0 Å². The maximum Gasteiger partial charge on any atom is 0.225 e. The number of amides is 1. The predicted octanol–water partition coefficient (Wildman–Crippen LogP) is 2.47. The third kappa shape index (κ3) is 3.70. The number of benzene rings is 1. The first-order valence-corrected chi connectivity index (χ1v) is 7.04. The zero-order chi connectivity index (χ0) is 14.7. The summed E-state index contributed by atoms with van der Waals surface area (Å²) in [4.78, 5) is 14.2. The lowest BCUT2D eigenvalue weighted by atomic mass is 10.1. The van der Waals surface area contributed by atoms with Crippen LogP contribution in [0.4, 0.5) is 15.8 Å². The van der Waals surface area contributed by atoms with E-state index in [0.717, 1.165) is 6.54 Å². The van der Waals surface area contributed by atoms with Gasteiger partial charge in [0.25, 0.3) is 0 Å². The van der Waals surface area contributed by atoms with Gasteiger partial charge >= 0.3 is 0 Å². The second-order valence-electron chi connectivity index (χ2n) is 5.72. The molecule has 2 atom stereocenters. The first-order chi connectivity index (χ1) is 9.45. The van der Waals surface area contributed by atoms with Gasteiger partial charge in [-0.3, -0.25) is 9.69 Å². The summed E-state index contributed by atoms with van der Waals surface area (Å²) < 4.78 is 13.5. The minimum absolute atomic E-state index is 0.151. The van der Waals surface area contributed by atoms with E-state index in [-0.39, 0.29) is 11.6 Å². The fraction of sp³-hybridized carbons (Fsp3) is 0.533. The molecule has 1 heterocycles. The van der Waals surface area contributed by atoms with Crippen molar-refractivity contribution in [2.75, 3.05) is 24.1 Å². The summed E-state index contributed by atoms with van der Waals surface area (Å²) in [6, 6.07) is 4.68. The van der Waals surface area contributed by atoms with E-state index in [4.69, 9.17) is 5.73 Å². The van der Waals surface area contributed by atoms with Gasteiger partial charge in [-0.15, -0.1) is 0 Å². The van der Waals surface area contributed by atoms with E-state index in [2.05, 4.69) is 24.1 Å². The van der Waals surface area contributed by atoms with Crippen molar-refractivity contribution < 1.29 is 9.18 Å². The number of carbonyl (C=O) groups excluding carboxylic acids is 1. The lowest BCUT2D eigenvalue weighted by Gasteiger charge is -2.20. The Labute approximate surface area is 119 Å². The molecule has 20 heavy (non-hydrogen) atoms. The van der Waals surface area contributed by atoms with Crippen molar-refractivity contribution in [3.63, 3.8) is 0 Å².